The molecule has 0 radical (unpaired) electrons. The van der Waals surface area contributed by atoms with Crippen LogP contribution in [0.15, 0.2) is 17.0 Å². The van der Waals surface area contributed by atoms with Crippen LogP contribution in [-0.2, 0) is 22.9 Å². The topological polar surface area (TPSA) is 85.1 Å². The van der Waals surface area contributed by atoms with Gasteiger partial charge in [0.2, 0.25) is 0 Å². The molecule has 0 bridgehead atoms. The third-order valence-electron chi connectivity index (χ3n) is 3.38. The van der Waals surface area contributed by atoms with Crippen LogP contribution in [0.4, 0.5) is 15.2 Å². The molecule has 3 N–H and O–H groups in total. The zero-order chi connectivity index (χ0) is 15.2. The minimum Gasteiger partial charge on any atom is -0.396 e. The molecule has 112 valence electrons. The number of nitrogens with one attached hydrogen (secondary N) is 1. The minimum atomic E-state index is -3.81. The van der Waals surface area contributed by atoms with E-state index in [2.05, 4.69) is 9.71 Å². The summed E-state index contributed by atoms with van der Waals surface area (Å²) in [6.45, 7) is 1.47. The normalized spacial score (nSPS) is 14.2. The van der Waals surface area contributed by atoms with Crippen molar-refractivity contribution in [3.63, 3.8) is 0 Å². The van der Waals surface area contributed by atoms with Gasteiger partial charge in [0, 0.05) is 4.88 Å². The molecule has 8 heteroatoms. The summed E-state index contributed by atoms with van der Waals surface area (Å²) in [5.41, 5.74) is 6.46. The molecular weight excluding hydrogens is 313 g/mol. The molecule has 3 rings (SSSR count). The van der Waals surface area contributed by atoms with Gasteiger partial charge >= 0.3 is 0 Å². The predicted molar refractivity (Wildman–Crippen MR) is 80.5 cm³/mol. The molecule has 0 atom stereocenters. The van der Waals surface area contributed by atoms with Crippen molar-refractivity contribution < 1.29 is 12.8 Å². The fourth-order valence-corrected chi connectivity index (χ4v) is 4.73. The first-order valence-electron chi connectivity index (χ1n) is 6.44. The number of nitrogens with two attached hydrogens (primary N) is 1. The third kappa shape index (κ3) is 2.60. The number of nitrogens with zero attached hydrogens (tertiary/aromatic N) is 1. The molecule has 0 unspecified atom stereocenters. The number of thiazole rings is 1. The number of anilines is 2. The van der Waals surface area contributed by atoms with Crippen molar-refractivity contribution in [1.82, 2.24) is 4.98 Å². The highest BCUT2D eigenvalue weighted by atomic mass is 32.2. The lowest BCUT2D eigenvalue weighted by Gasteiger charge is -2.08. The zero-order valence-corrected chi connectivity index (χ0v) is 12.9. The van der Waals surface area contributed by atoms with Crippen molar-refractivity contribution in [3.05, 3.63) is 34.1 Å². The Kier molecular flexibility index (Phi) is 3.37. The standard InChI is InChI=1S/C13H14FN3O2S2/c1-7-5-8(6-9(15)12(7)14)21(18,19)17-13-16-10-3-2-4-11(10)20-13/h5-6H,2-4,15H2,1H3,(H,16,17). The second-order valence-corrected chi connectivity index (χ2v) is 7.76. The molecule has 1 heterocycles. The van der Waals surface area contributed by atoms with E-state index in [0.29, 0.717) is 5.13 Å². The molecule has 1 aliphatic carbocycles. The van der Waals surface area contributed by atoms with E-state index in [1.54, 1.807) is 0 Å². The lowest BCUT2D eigenvalue weighted by Crippen LogP contribution is -2.14. The Morgan fingerprint density at radius 3 is 2.81 bits per heavy atom. The van der Waals surface area contributed by atoms with Gasteiger partial charge in [0.15, 0.2) is 5.13 Å². The fourth-order valence-electron chi connectivity index (χ4n) is 2.33. The second kappa shape index (κ2) is 4.96. The second-order valence-electron chi connectivity index (χ2n) is 4.99. The highest BCUT2D eigenvalue weighted by molar-refractivity contribution is 7.93. The number of fused-ring (bicyclic) bond motifs is 1. The van der Waals surface area contributed by atoms with Crippen LogP contribution < -0.4 is 10.5 Å². The Balaban J connectivity index is 1.93. The highest BCUT2D eigenvalue weighted by Gasteiger charge is 2.22. The van der Waals surface area contributed by atoms with Crippen LogP contribution in [0.25, 0.3) is 0 Å². The van der Waals surface area contributed by atoms with Crippen LogP contribution in [0, 0.1) is 12.7 Å². The number of nitrogen functional groups attached to an aromatic ring is 1. The quantitative estimate of drug-likeness (QED) is 0.848. The van der Waals surface area contributed by atoms with E-state index in [-0.39, 0.29) is 16.1 Å². The van der Waals surface area contributed by atoms with Crippen LogP contribution in [0.3, 0.4) is 0 Å². The van der Waals surface area contributed by atoms with Crippen molar-refractivity contribution in [2.24, 2.45) is 0 Å². The maximum Gasteiger partial charge on any atom is 0.263 e. The van der Waals surface area contributed by atoms with Crippen LogP contribution >= 0.6 is 11.3 Å². The number of aryl methyl sites for hydroxylation is 3. The van der Waals surface area contributed by atoms with E-state index in [1.807, 2.05) is 0 Å². The van der Waals surface area contributed by atoms with Gasteiger partial charge in [-0.3, -0.25) is 4.72 Å². The first-order valence-corrected chi connectivity index (χ1v) is 8.74. The van der Waals surface area contributed by atoms with Crippen molar-refractivity contribution >= 4 is 32.2 Å². The first-order chi connectivity index (χ1) is 9.87. The molecule has 21 heavy (non-hydrogen) atoms. The summed E-state index contributed by atoms with van der Waals surface area (Å²) < 4.78 is 40.6. The van der Waals surface area contributed by atoms with Gasteiger partial charge in [0.1, 0.15) is 5.82 Å². The summed E-state index contributed by atoms with van der Waals surface area (Å²) in [6.07, 6.45) is 2.89. The number of benzene rings is 1. The molecule has 0 fully saturated rings. The average molecular weight is 327 g/mol. The van der Waals surface area contributed by atoms with Crippen LogP contribution in [0.2, 0.25) is 0 Å². The van der Waals surface area contributed by atoms with Gasteiger partial charge in [-0.1, -0.05) is 0 Å². The summed E-state index contributed by atoms with van der Waals surface area (Å²) >= 11 is 1.35. The highest BCUT2D eigenvalue weighted by Crippen LogP contribution is 2.32. The Morgan fingerprint density at radius 1 is 1.38 bits per heavy atom. The summed E-state index contributed by atoms with van der Waals surface area (Å²) in [4.78, 5) is 5.35. The van der Waals surface area contributed by atoms with Gasteiger partial charge in [-0.05, 0) is 43.9 Å². The maximum absolute atomic E-state index is 13.5. The number of sulfonamides is 1. The zero-order valence-electron chi connectivity index (χ0n) is 11.3. The SMILES string of the molecule is Cc1cc(S(=O)(=O)Nc2nc3c(s2)CCC3)cc(N)c1F. The van der Waals surface area contributed by atoms with E-state index in [9.17, 15) is 12.8 Å². The predicted octanol–water partition coefficient (Wildman–Crippen LogP) is 2.46. The molecule has 1 aromatic carbocycles. The lowest BCUT2D eigenvalue weighted by molar-refractivity contribution is 0.599. The Hall–Kier alpha value is -1.67. The molecular formula is C13H14FN3O2S2. The Bertz CT molecular complexity index is 770. The van der Waals surface area contributed by atoms with Crippen molar-refractivity contribution in [1.29, 1.82) is 0 Å². The molecule has 1 aromatic heterocycles. The van der Waals surface area contributed by atoms with Crippen LogP contribution in [-0.4, -0.2) is 13.4 Å². The summed E-state index contributed by atoms with van der Waals surface area (Å²) in [5.74, 6) is -0.595. The summed E-state index contributed by atoms with van der Waals surface area (Å²) in [7, 11) is -3.81. The van der Waals surface area contributed by atoms with Crippen molar-refractivity contribution in [3.8, 4) is 0 Å². The van der Waals surface area contributed by atoms with Gasteiger partial charge in [0.25, 0.3) is 10.0 Å². The number of halogens is 1. The van der Waals surface area contributed by atoms with E-state index in [1.165, 1.54) is 24.3 Å². The van der Waals surface area contributed by atoms with Gasteiger partial charge < -0.3 is 5.73 Å². The summed E-state index contributed by atoms with van der Waals surface area (Å²) in [6, 6.07) is 2.38. The lowest BCUT2D eigenvalue weighted by atomic mass is 10.2. The molecule has 0 amide bonds. The third-order valence-corrected chi connectivity index (χ3v) is 5.90. The van der Waals surface area contributed by atoms with Gasteiger partial charge in [-0.25, -0.2) is 17.8 Å². The number of hydrogen-bond donors (Lipinski definition) is 2. The van der Waals surface area contributed by atoms with Gasteiger partial charge in [0.05, 0.1) is 16.3 Å². The Morgan fingerprint density at radius 2 is 2.14 bits per heavy atom. The van der Waals surface area contributed by atoms with Gasteiger partial charge in [-0.2, -0.15) is 0 Å². The molecule has 5 nitrogen and oxygen atoms in total. The van der Waals surface area contributed by atoms with E-state index in [0.717, 1.165) is 35.9 Å². The smallest absolute Gasteiger partial charge is 0.263 e. The van der Waals surface area contributed by atoms with E-state index < -0.39 is 15.8 Å². The van der Waals surface area contributed by atoms with E-state index >= 15 is 0 Å². The first kappa shape index (κ1) is 14.3. The van der Waals surface area contributed by atoms with Crippen LogP contribution in [0.1, 0.15) is 22.6 Å². The molecule has 0 aliphatic heterocycles. The summed E-state index contributed by atoms with van der Waals surface area (Å²) in [5, 5.41) is 0.347. The number of hydrogen-bond acceptors (Lipinski definition) is 5. The fraction of sp³-hybridized carbons (Fsp3) is 0.308. The number of rotatable bonds is 3. The van der Waals surface area contributed by atoms with Crippen LogP contribution in [0.5, 0.6) is 0 Å². The monoisotopic (exact) mass is 327 g/mol. The average Bonchev–Trinajstić information content (AvgIpc) is 2.95. The molecule has 0 saturated carbocycles. The molecule has 0 spiro atoms. The largest absolute Gasteiger partial charge is 0.396 e. The minimum absolute atomic E-state index is 0.0609. The van der Waals surface area contributed by atoms with Gasteiger partial charge in [-0.15, -0.1) is 11.3 Å². The molecule has 2 aromatic rings. The Labute approximate surface area is 126 Å². The molecule has 0 saturated heterocycles. The maximum atomic E-state index is 13.5. The molecule has 1 aliphatic rings. The van der Waals surface area contributed by atoms with E-state index in [4.69, 9.17) is 5.73 Å². The van der Waals surface area contributed by atoms with Crippen molar-refractivity contribution in [2.75, 3.05) is 10.5 Å². The van der Waals surface area contributed by atoms with Crippen molar-refractivity contribution in [2.45, 2.75) is 31.1 Å². The number of aromatic nitrogens is 1.